The van der Waals surface area contributed by atoms with Crippen molar-refractivity contribution in [2.45, 2.75) is 19.9 Å². The summed E-state index contributed by atoms with van der Waals surface area (Å²) in [6, 6.07) is 10.6. The molecule has 1 aliphatic heterocycles. The van der Waals surface area contributed by atoms with Crippen molar-refractivity contribution in [3.05, 3.63) is 75.0 Å². The van der Waals surface area contributed by atoms with Crippen molar-refractivity contribution in [1.29, 1.82) is 0 Å². The number of esters is 1. The second-order valence-electron chi connectivity index (χ2n) is 8.30. The first-order valence-electron chi connectivity index (χ1n) is 11.6. The molecule has 1 atom stereocenters. The Morgan fingerprint density at radius 1 is 1.26 bits per heavy atom. The van der Waals surface area contributed by atoms with Crippen molar-refractivity contribution in [2.24, 2.45) is 5.10 Å². The lowest BCUT2D eigenvalue weighted by molar-refractivity contribution is -0.384. The van der Waals surface area contributed by atoms with E-state index in [0.717, 1.165) is 0 Å². The Bertz CT molecular complexity index is 1310. The fraction of sp³-hybridized carbons (Fsp3) is 0.280. The van der Waals surface area contributed by atoms with Gasteiger partial charge in [-0.05, 0) is 38.2 Å². The maximum Gasteiger partial charge on any atom is 0.338 e. The number of carbonyl (C=O) groups is 2. The number of allylic oxidation sites excluding steroid dienone is 1. The highest BCUT2D eigenvalue weighted by Gasteiger charge is 2.32. The summed E-state index contributed by atoms with van der Waals surface area (Å²) in [6.45, 7) is 3.27. The summed E-state index contributed by atoms with van der Waals surface area (Å²) >= 11 is 5.28. The van der Waals surface area contributed by atoms with Gasteiger partial charge < -0.3 is 25.0 Å². The molecule has 200 valence electrons. The van der Waals surface area contributed by atoms with E-state index < -0.39 is 22.8 Å². The van der Waals surface area contributed by atoms with Crippen LogP contribution in [0.25, 0.3) is 0 Å². The minimum atomic E-state index is -0.654. The Morgan fingerprint density at radius 3 is 2.68 bits per heavy atom. The number of carbonyl (C=O) groups excluding carboxylic acids is 2. The number of nitro benzene ring substituents is 1. The van der Waals surface area contributed by atoms with Crippen LogP contribution in [0.1, 0.15) is 31.0 Å². The highest BCUT2D eigenvalue weighted by molar-refractivity contribution is 7.80. The largest absolute Gasteiger partial charge is 0.483 e. The lowest BCUT2D eigenvalue weighted by atomic mass is 9.95. The van der Waals surface area contributed by atoms with Crippen LogP contribution >= 0.6 is 12.2 Å². The van der Waals surface area contributed by atoms with Crippen LogP contribution in [0.2, 0.25) is 0 Å². The van der Waals surface area contributed by atoms with Crippen molar-refractivity contribution >= 4 is 46.8 Å². The van der Waals surface area contributed by atoms with Gasteiger partial charge in [-0.3, -0.25) is 14.9 Å². The number of non-ortho nitro benzene ring substituents is 1. The van der Waals surface area contributed by atoms with Gasteiger partial charge in [-0.2, -0.15) is 5.10 Å². The van der Waals surface area contributed by atoms with Gasteiger partial charge in [0.05, 0.1) is 29.4 Å². The summed E-state index contributed by atoms with van der Waals surface area (Å²) in [6.07, 6.45) is 1.33. The van der Waals surface area contributed by atoms with E-state index in [0.29, 0.717) is 38.9 Å². The van der Waals surface area contributed by atoms with Crippen LogP contribution in [0.15, 0.2) is 58.8 Å². The second kappa shape index (κ2) is 12.6. The van der Waals surface area contributed by atoms with Gasteiger partial charge in [0, 0.05) is 48.7 Å². The smallest absolute Gasteiger partial charge is 0.338 e. The van der Waals surface area contributed by atoms with Gasteiger partial charge in [0.1, 0.15) is 5.75 Å². The number of anilines is 1. The standard InChI is InChI=1S/C25H28N6O6S/c1-5-36-24(33)22-15(2)27-25(38)28-23(22)18-8-6-7-9-20(18)37-14-21(32)29-26-13-16-12-17(31(34)35)10-11-19(16)30(3)4/h6-13,23H,5,14H2,1-4H3,(H,29,32)(H2,27,28,38)/t23-/m1/s1. The zero-order valence-corrected chi connectivity index (χ0v) is 22.1. The molecule has 3 rings (SSSR count). The summed E-state index contributed by atoms with van der Waals surface area (Å²) in [5.41, 5.74) is 4.89. The van der Waals surface area contributed by atoms with Crippen molar-refractivity contribution < 1.29 is 24.0 Å². The summed E-state index contributed by atoms with van der Waals surface area (Å²) < 4.78 is 11.0. The van der Waals surface area contributed by atoms with Gasteiger partial charge >= 0.3 is 5.97 Å². The molecule has 12 nitrogen and oxygen atoms in total. The highest BCUT2D eigenvalue weighted by Crippen LogP contribution is 2.33. The van der Waals surface area contributed by atoms with Crippen molar-refractivity contribution in [1.82, 2.24) is 16.1 Å². The van der Waals surface area contributed by atoms with Crippen LogP contribution in [0.5, 0.6) is 5.75 Å². The first-order valence-corrected chi connectivity index (χ1v) is 12.0. The number of hydrogen-bond donors (Lipinski definition) is 3. The first kappa shape index (κ1) is 28.1. The average Bonchev–Trinajstić information content (AvgIpc) is 2.87. The molecular formula is C25H28N6O6S. The number of hydrazone groups is 1. The molecule has 1 heterocycles. The molecule has 3 N–H and O–H groups in total. The minimum Gasteiger partial charge on any atom is -0.483 e. The number of para-hydroxylation sites is 1. The van der Waals surface area contributed by atoms with Gasteiger partial charge in [-0.1, -0.05) is 18.2 Å². The van der Waals surface area contributed by atoms with E-state index in [1.165, 1.54) is 18.3 Å². The van der Waals surface area contributed by atoms with E-state index in [1.807, 2.05) is 0 Å². The average molecular weight is 541 g/mol. The number of thiocarbonyl (C=S) groups is 1. The summed E-state index contributed by atoms with van der Waals surface area (Å²) in [4.78, 5) is 37.5. The molecule has 0 bridgehead atoms. The number of amides is 1. The van der Waals surface area contributed by atoms with Gasteiger partial charge in [0.25, 0.3) is 11.6 Å². The second-order valence-corrected chi connectivity index (χ2v) is 8.71. The summed E-state index contributed by atoms with van der Waals surface area (Å²) in [5, 5.41) is 21.4. The molecule has 2 aromatic carbocycles. The first-order chi connectivity index (χ1) is 18.1. The topological polar surface area (TPSA) is 147 Å². The van der Waals surface area contributed by atoms with Crippen LogP contribution in [0.3, 0.4) is 0 Å². The van der Waals surface area contributed by atoms with Crippen LogP contribution in [0, 0.1) is 10.1 Å². The van der Waals surface area contributed by atoms with Crippen molar-refractivity contribution in [2.75, 3.05) is 32.2 Å². The molecule has 0 radical (unpaired) electrons. The Labute approximate surface area is 224 Å². The van der Waals surface area contributed by atoms with E-state index >= 15 is 0 Å². The van der Waals surface area contributed by atoms with E-state index in [-0.39, 0.29) is 18.9 Å². The number of nitro groups is 1. The van der Waals surface area contributed by atoms with E-state index in [9.17, 15) is 19.7 Å². The third-order valence-electron chi connectivity index (χ3n) is 5.45. The number of hydrogen-bond acceptors (Lipinski definition) is 9. The Kier molecular flexibility index (Phi) is 9.33. The zero-order valence-electron chi connectivity index (χ0n) is 21.3. The highest BCUT2D eigenvalue weighted by atomic mass is 32.1. The SMILES string of the molecule is CCOC(=O)C1=C(C)NC(=S)N[C@@H]1c1ccccc1OCC(=O)NN=Cc1cc([N+](=O)[O-])ccc1N(C)C. The molecule has 0 aromatic heterocycles. The Balaban J connectivity index is 1.74. The molecule has 0 saturated carbocycles. The molecular weight excluding hydrogens is 512 g/mol. The van der Waals surface area contributed by atoms with Crippen LogP contribution in [0.4, 0.5) is 11.4 Å². The molecule has 0 saturated heterocycles. The molecule has 0 fully saturated rings. The number of nitrogens with one attached hydrogen (secondary N) is 3. The van der Waals surface area contributed by atoms with Gasteiger partial charge in [0.2, 0.25) is 0 Å². The molecule has 13 heteroatoms. The molecule has 0 unspecified atom stereocenters. The molecule has 2 aromatic rings. The Hall–Kier alpha value is -4.52. The maximum absolute atomic E-state index is 12.7. The third-order valence-corrected chi connectivity index (χ3v) is 5.67. The van der Waals surface area contributed by atoms with Crippen molar-refractivity contribution in [3.8, 4) is 5.75 Å². The fourth-order valence-corrected chi connectivity index (χ4v) is 4.04. The van der Waals surface area contributed by atoms with Crippen LogP contribution in [-0.2, 0) is 14.3 Å². The van der Waals surface area contributed by atoms with Crippen LogP contribution in [-0.4, -0.2) is 55.4 Å². The normalized spacial score (nSPS) is 14.9. The number of benzene rings is 2. The number of rotatable bonds is 10. The lowest BCUT2D eigenvalue weighted by Gasteiger charge is -2.30. The predicted octanol–water partition coefficient (Wildman–Crippen LogP) is 2.55. The van der Waals surface area contributed by atoms with E-state index in [2.05, 4.69) is 21.2 Å². The summed E-state index contributed by atoms with van der Waals surface area (Å²) in [5.74, 6) is -0.700. The molecule has 38 heavy (non-hydrogen) atoms. The minimum absolute atomic E-state index is 0.0965. The summed E-state index contributed by atoms with van der Waals surface area (Å²) in [7, 11) is 3.58. The Morgan fingerprint density at radius 2 is 2.00 bits per heavy atom. The van der Waals surface area contributed by atoms with Crippen molar-refractivity contribution in [3.63, 3.8) is 0 Å². The third kappa shape index (κ3) is 6.82. The van der Waals surface area contributed by atoms with Gasteiger partial charge in [0.15, 0.2) is 11.7 Å². The number of nitrogens with zero attached hydrogens (tertiary/aromatic N) is 3. The van der Waals surface area contributed by atoms with Gasteiger partial charge in [-0.25, -0.2) is 10.2 Å². The van der Waals surface area contributed by atoms with Crippen LogP contribution < -0.4 is 25.7 Å². The molecule has 1 amide bonds. The molecule has 1 aliphatic rings. The monoisotopic (exact) mass is 540 g/mol. The molecule has 0 spiro atoms. The van der Waals surface area contributed by atoms with Gasteiger partial charge in [-0.15, -0.1) is 0 Å². The fourth-order valence-electron chi connectivity index (χ4n) is 3.77. The van der Waals surface area contributed by atoms with E-state index in [1.54, 1.807) is 63.2 Å². The number of ether oxygens (including phenoxy) is 2. The predicted molar refractivity (Wildman–Crippen MR) is 146 cm³/mol. The lowest BCUT2D eigenvalue weighted by Crippen LogP contribution is -2.45. The maximum atomic E-state index is 12.7. The quantitative estimate of drug-likeness (QED) is 0.135. The molecule has 0 aliphatic carbocycles. The zero-order chi connectivity index (χ0) is 27.8. The van der Waals surface area contributed by atoms with E-state index in [4.69, 9.17) is 21.7 Å².